The predicted octanol–water partition coefficient (Wildman–Crippen LogP) is 3.50. The number of likely N-dealkylation sites (N-methyl/N-ethyl adjacent to an activating group) is 1. The van der Waals surface area contributed by atoms with E-state index in [4.69, 9.17) is 0 Å². The fraction of sp³-hybridized carbons (Fsp3) is 0.667. The van der Waals surface area contributed by atoms with E-state index in [0.29, 0.717) is 6.04 Å². The third kappa shape index (κ3) is 4.37. The van der Waals surface area contributed by atoms with Crippen LogP contribution >= 0.6 is 0 Å². The molecule has 1 aromatic rings. The first kappa shape index (κ1) is 16.2. The van der Waals surface area contributed by atoms with E-state index >= 15 is 0 Å². The van der Waals surface area contributed by atoms with Crippen LogP contribution in [0.4, 0.5) is 11.4 Å². The second kappa shape index (κ2) is 6.69. The molecule has 1 unspecified atom stereocenters. The number of hydrogen-bond donors (Lipinski definition) is 1. The summed E-state index contributed by atoms with van der Waals surface area (Å²) in [5.74, 6) is 0. The highest BCUT2D eigenvalue weighted by atomic mass is 15.3. The van der Waals surface area contributed by atoms with Gasteiger partial charge in [0.15, 0.2) is 0 Å². The first-order chi connectivity index (χ1) is 9.88. The van der Waals surface area contributed by atoms with Gasteiger partial charge in [0.25, 0.3) is 0 Å². The second-order valence-corrected chi connectivity index (χ2v) is 7.27. The molecule has 1 aromatic carbocycles. The van der Waals surface area contributed by atoms with Gasteiger partial charge in [0.05, 0.1) is 11.4 Å². The Morgan fingerprint density at radius 1 is 1.14 bits per heavy atom. The van der Waals surface area contributed by atoms with E-state index in [0.717, 1.165) is 19.6 Å². The average molecular weight is 289 g/mol. The van der Waals surface area contributed by atoms with Crippen molar-refractivity contribution < 1.29 is 0 Å². The largest absolute Gasteiger partial charge is 0.371 e. The summed E-state index contributed by atoms with van der Waals surface area (Å²) in [4.78, 5) is 4.94. The number of rotatable bonds is 5. The monoisotopic (exact) mass is 289 g/mol. The quantitative estimate of drug-likeness (QED) is 0.837. The zero-order valence-electron chi connectivity index (χ0n) is 14.3. The van der Waals surface area contributed by atoms with Gasteiger partial charge in [0.2, 0.25) is 0 Å². The lowest BCUT2D eigenvalue weighted by Crippen LogP contribution is -2.44. The minimum absolute atomic E-state index is 0.226. The number of fused-ring (bicyclic) bond motifs is 1. The molecule has 1 N–H and O–H groups in total. The van der Waals surface area contributed by atoms with Gasteiger partial charge in [-0.1, -0.05) is 12.1 Å². The van der Waals surface area contributed by atoms with Crippen LogP contribution < -0.4 is 15.1 Å². The van der Waals surface area contributed by atoms with Crippen molar-refractivity contribution >= 4 is 11.4 Å². The Morgan fingerprint density at radius 3 is 2.48 bits per heavy atom. The van der Waals surface area contributed by atoms with Gasteiger partial charge in [0.1, 0.15) is 0 Å². The Balaban J connectivity index is 1.91. The number of para-hydroxylation sites is 2. The summed E-state index contributed by atoms with van der Waals surface area (Å²) in [5.41, 5.74) is 2.98. The lowest BCUT2D eigenvalue weighted by atomic mass is 10.1. The molecule has 0 fully saturated rings. The van der Waals surface area contributed by atoms with Crippen molar-refractivity contribution in [2.24, 2.45) is 0 Å². The summed E-state index contributed by atoms with van der Waals surface area (Å²) in [6.45, 7) is 12.4. The van der Waals surface area contributed by atoms with Crippen LogP contribution in [0.3, 0.4) is 0 Å². The molecule has 21 heavy (non-hydrogen) atoms. The Kier molecular flexibility index (Phi) is 5.15. The fourth-order valence-electron chi connectivity index (χ4n) is 3.00. The summed E-state index contributed by atoms with van der Waals surface area (Å²) in [7, 11) is 2.19. The van der Waals surface area contributed by atoms with Gasteiger partial charge < -0.3 is 15.1 Å². The summed E-state index contributed by atoms with van der Waals surface area (Å²) in [6.07, 6.45) is 2.47. The zero-order chi connectivity index (χ0) is 15.5. The van der Waals surface area contributed by atoms with Crippen LogP contribution in [-0.4, -0.2) is 38.3 Å². The molecule has 0 aromatic heterocycles. The molecule has 1 aliphatic rings. The minimum atomic E-state index is 0.226. The number of benzene rings is 1. The second-order valence-electron chi connectivity index (χ2n) is 7.27. The Bertz CT molecular complexity index is 450. The van der Waals surface area contributed by atoms with Gasteiger partial charge in [0, 0.05) is 31.7 Å². The maximum Gasteiger partial charge on any atom is 0.0607 e. The van der Waals surface area contributed by atoms with Crippen LogP contribution in [0.1, 0.15) is 40.5 Å². The molecule has 1 atom stereocenters. The van der Waals surface area contributed by atoms with E-state index in [9.17, 15) is 0 Å². The minimum Gasteiger partial charge on any atom is -0.371 e. The van der Waals surface area contributed by atoms with E-state index in [1.54, 1.807) is 0 Å². The van der Waals surface area contributed by atoms with Gasteiger partial charge in [-0.05, 0) is 59.2 Å². The molecule has 0 aliphatic carbocycles. The van der Waals surface area contributed by atoms with Crippen molar-refractivity contribution in [1.29, 1.82) is 0 Å². The molecule has 1 heterocycles. The maximum absolute atomic E-state index is 3.58. The number of hydrogen-bond acceptors (Lipinski definition) is 3. The molecule has 2 rings (SSSR count). The Labute approximate surface area is 130 Å². The normalized spacial score (nSPS) is 16.8. The van der Waals surface area contributed by atoms with Crippen molar-refractivity contribution in [2.45, 2.75) is 52.1 Å². The summed E-state index contributed by atoms with van der Waals surface area (Å²) >= 11 is 0. The van der Waals surface area contributed by atoms with Gasteiger partial charge in [-0.2, -0.15) is 0 Å². The van der Waals surface area contributed by atoms with Gasteiger partial charge in [-0.15, -0.1) is 0 Å². The summed E-state index contributed by atoms with van der Waals surface area (Å²) in [6, 6.07) is 9.38. The third-order valence-electron chi connectivity index (χ3n) is 4.26. The molecular formula is C18H31N3. The fourth-order valence-corrected chi connectivity index (χ4v) is 3.00. The molecule has 0 radical (unpaired) electrons. The molecule has 3 nitrogen and oxygen atoms in total. The van der Waals surface area contributed by atoms with Gasteiger partial charge >= 0.3 is 0 Å². The molecule has 0 amide bonds. The number of anilines is 2. The van der Waals surface area contributed by atoms with E-state index in [-0.39, 0.29) is 5.54 Å². The predicted molar refractivity (Wildman–Crippen MR) is 93.5 cm³/mol. The highest BCUT2D eigenvalue weighted by molar-refractivity contribution is 5.73. The molecule has 0 saturated heterocycles. The topological polar surface area (TPSA) is 18.5 Å². The smallest absolute Gasteiger partial charge is 0.0607 e. The van der Waals surface area contributed by atoms with Crippen molar-refractivity contribution in [3.63, 3.8) is 0 Å². The molecule has 0 saturated carbocycles. The van der Waals surface area contributed by atoms with Crippen molar-refractivity contribution in [3.05, 3.63) is 24.3 Å². The van der Waals surface area contributed by atoms with Gasteiger partial charge in [-0.25, -0.2) is 0 Å². The Morgan fingerprint density at radius 2 is 1.81 bits per heavy atom. The zero-order valence-corrected chi connectivity index (χ0v) is 14.3. The number of nitrogens with one attached hydrogen (secondary N) is 1. The molecule has 118 valence electrons. The molecular weight excluding hydrogens is 258 g/mol. The molecule has 3 heteroatoms. The van der Waals surface area contributed by atoms with E-state index in [1.807, 2.05) is 0 Å². The summed E-state index contributed by atoms with van der Waals surface area (Å²) < 4.78 is 0. The van der Waals surface area contributed by atoms with Crippen molar-refractivity contribution in [3.8, 4) is 0 Å². The first-order valence-electron chi connectivity index (χ1n) is 8.20. The molecule has 0 bridgehead atoms. The van der Waals surface area contributed by atoms with Crippen LogP contribution in [0.25, 0.3) is 0 Å². The van der Waals surface area contributed by atoms with Crippen LogP contribution in [0.5, 0.6) is 0 Å². The maximum atomic E-state index is 3.58. The van der Waals surface area contributed by atoms with Crippen LogP contribution in [0.15, 0.2) is 24.3 Å². The van der Waals surface area contributed by atoms with Crippen molar-refractivity contribution in [2.75, 3.05) is 36.5 Å². The molecule has 1 aliphatic heterocycles. The Hall–Kier alpha value is -1.22. The highest BCUT2D eigenvalue weighted by Crippen LogP contribution is 2.33. The van der Waals surface area contributed by atoms with Crippen LogP contribution in [-0.2, 0) is 0 Å². The average Bonchev–Trinajstić information content (AvgIpc) is 2.43. The van der Waals surface area contributed by atoms with E-state index < -0.39 is 0 Å². The van der Waals surface area contributed by atoms with Crippen LogP contribution in [0, 0.1) is 0 Å². The SMILES string of the molecule is CC(CCCNC(C)(C)C)N1CCN(C)c2ccccc21. The van der Waals surface area contributed by atoms with Crippen LogP contribution in [0.2, 0.25) is 0 Å². The molecule has 0 spiro atoms. The van der Waals surface area contributed by atoms with E-state index in [2.05, 4.69) is 74.1 Å². The number of nitrogens with zero attached hydrogens (tertiary/aromatic N) is 2. The lowest BCUT2D eigenvalue weighted by Gasteiger charge is -2.40. The van der Waals surface area contributed by atoms with Gasteiger partial charge in [-0.3, -0.25) is 0 Å². The third-order valence-corrected chi connectivity index (χ3v) is 4.26. The highest BCUT2D eigenvalue weighted by Gasteiger charge is 2.23. The lowest BCUT2D eigenvalue weighted by molar-refractivity contribution is 0.411. The van der Waals surface area contributed by atoms with Crippen molar-refractivity contribution in [1.82, 2.24) is 5.32 Å². The first-order valence-corrected chi connectivity index (χ1v) is 8.20. The van der Waals surface area contributed by atoms with E-state index in [1.165, 1.54) is 24.2 Å². The summed E-state index contributed by atoms with van der Waals surface area (Å²) in [5, 5.41) is 3.58. The standard InChI is InChI=1S/C18H31N3/c1-15(9-8-12-19-18(2,3)4)21-14-13-20(5)16-10-6-7-11-17(16)21/h6-7,10-11,15,19H,8-9,12-14H2,1-5H3.